The number of hydrogen-bond donors (Lipinski definition) is 0. The Morgan fingerprint density at radius 3 is 2.85 bits per heavy atom. The molecule has 1 aromatic carbocycles. The third-order valence-corrected chi connectivity index (χ3v) is 5.22. The predicted molar refractivity (Wildman–Crippen MR) is 89.0 cm³/mol. The standard InChI is InChI=1S/C15H16N2OS2/c1-16-7-3-4-11-8-10(5-6-12(11)16)9-13-14(18)17(2)15(19)20-13/h5-6,8-9H,3-4,7H2,1-2H3/b13-9+. The highest BCUT2D eigenvalue weighted by Gasteiger charge is 2.28. The zero-order valence-electron chi connectivity index (χ0n) is 11.5. The van der Waals surface area contributed by atoms with Gasteiger partial charge in [0.2, 0.25) is 0 Å². The number of rotatable bonds is 1. The van der Waals surface area contributed by atoms with E-state index in [9.17, 15) is 4.79 Å². The Balaban J connectivity index is 1.93. The molecule has 2 aliphatic rings. The highest BCUT2D eigenvalue weighted by atomic mass is 32.2. The van der Waals surface area contributed by atoms with Crippen molar-refractivity contribution in [2.24, 2.45) is 0 Å². The van der Waals surface area contributed by atoms with Crippen LogP contribution in [0.5, 0.6) is 0 Å². The van der Waals surface area contributed by atoms with Crippen LogP contribution in [0.1, 0.15) is 17.5 Å². The van der Waals surface area contributed by atoms with Crippen molar-refractivity contribution in [2.45, 2.75) is 12.8 Å². The van der Waals surface area contributed by atoms with Gasteiger partial charge in [-0.25, -0.2) is 0 Å². The van der Waals surface area contributed by atoms with Crippen LogP contribution in [0.3, 0.4) is 0 Å². The molecular formula is C15H16N2OS2. The van der Waals surface area contributed by atoms with Crippen LogP contribution in [0.15, 0.2) is 23.1 Å². The van der Waals surface area contributed by atoms with Crippen LogP contribution in [-0.2, 0) is 11.2 Å². The second-order valence-corrected chi connectivity index (χ2v) is 6.83. The Morgan fingerprint density at radius 1 is 1.35 bits per heavy atom. The van der Waals surface area contributed by atoms with Gasteiger partial charge in [0.15, 0.2) is 0 Å². The van der Waals surface area contributed by atoms with Gasteiger partial charge in [-0.05, 0) is 42.2 Å². The minimum Gasteiger partial charge on any atom is -0.374 e. The minimum atomic E-state index is -0.00478. The molecule has 0 saturated carbocycles. The van der Waals surface area contributed by atoms with Crippen molar-refractivity contribution < 1.29 is 4.79 Å². The third-order valence-electron chi connectivity index (χ3n) is 3.74. The maximum absolute atomic E-state index is 12.0. The van der Waals surface area contributed by atoms with Gasteiger partial charge in [-0.2, -0.15) is 0 Å². The minimum absolute atomic E-state index is 0.00478. The van der Waals surface area contributed by atoms with Gasteiger partial charge in [0.05, 0.1) is 4.91 Å². The predicted octanol–water partition coefficient (Wildman–Crippen LogP) is 2.90. The summed E-state index contributed by atoms with van der Waals surface area (Å²) in [5.41, 5.74) is 3.74. The number of amides is 1. The normalized spacial score (nSPS) is 20.8. The monoisotopic (exact) mass is 304 g/mol. The van der Waals surface area contributed by atoms with Crippen molar-refractivity contribution in [3.63, 3.8) is 0 Å². The maximum atomic E-state index is 12.0. The lowest BCUT2D eigenvalue weighted by molar-refractivity contribution is -0.121. The lowest BCUT2D eigenvalue weighted by Crippen LogP contribution is -2.24. The molecule has 0 unspecified atom stereocenters. The van der Waals surface area contributed by atoms with Crippen molar-refractivity contribution >= 4 is 46.0 Å². The van der Waals surface area contributed by atoms with Gasteiger partial charge in [-0.3, -0.25) is 9.69 Å². The molecule has 104 valence electrons. The van der Waals surface area contributed by atoms with Crippen molar-refractivity contribution in [3.8, 4) is 0 Å². The number of anilines is 1. The quantitative estimate of drug-likeness (QED) is 0.588. The van der Waals surface area contributed by atoms with E-state index in [1.807, 2.05) is 6.08 Å². The molecule has 0 N–H and O–H groups in total. The summed E-state index contributed by atoms with van der Waals surface area (Å²) in [6.07, 6.45) is 4.23. The van der Waals surface area contributed by atoms with Gasteiger partial charge in [0, 0.05) is 26.3 Å². The fourth-order valence-electron chi connectivity index (χ4n) is 2.59. The zero-order valence-corrected chi connectivity index (χ0v) is 13.2. The highest BCUT2D eigenvalue weighted by Crippen LogP contribution is 2.33. The molecule has 1 amide bonds. The lowest BCUT2D eigenvalue weighted by atomic mass is 9.99. The Labute approximate surface area is 128 Å². The van der Waals surface area contributed by atoms with Crippen LogP contribution in [-0.4, -0.2) is 35.8 Å². The van der Waals surface area contributed by atoms with Gasteiger partial charge in [0.1, 0.15) is 4.32 Å². The number of thiocarbonyl (C=S) groups is 1. The van der Waals surface area contributed by atoms with Crippen molar-refractivity contribution in [1.29, 1.82) is 0 Å². The van der Waals surface area contributed by atoms with Gasteiger partial charge in [0.25, 0.3) is 5.91 Å². The fourth-order valence-corrected chi connectivity index (χ4v) is 3.77. The maximum Gasteiger partial charge on any atom is 0.265 e. The Morgan fingerprint density at radius 2 is 2.15 bits per heavy atom. The molecule has 3 rings (SSSR count). The summed E-state index contributed by atoms with van der Waals surface area (Å²) in [6.45, 7) is 1.11. The van der Waals surface area contributed by atoms with E-state index in [2.05, 4.69) is 30.1 Å². The number of aryl methyl sites for hydroxylation is 1. The summed E-state index contributed by atoms with van der Waals surface area (Å²) in [4.78, 5) is 16.5. The number of hydrogen-bond acceptors (Lipinski definition) is 4. The number of thioether (sulfide) groups is 1. The van der Waals surface area contributed by atoms with E-state index in [1.54, 1.807) is 7.05 Å². The molecule has 5 heteroatoms. The molecule has 0 radical (unpaired) electrons. The number of likely N-dealkylation sites (N-methyl/N-ethyl adjacent to an activating group) is 1. The van der Waals surface area contributed by atoms with E-state index in [1.165, 1.54) is 34.3 Å². The molecule has 0 aromatic heterocycles. The average molecular weight is 304 g/mol. The smallest absolute Gasteiger partial charge is 0.265 e. The lowest BCUT2D eigenvalue weighted by Gasteiger charge is -2.27. The molecule has 1 fully saturated rings. The molecular weight excluding hydrogens is 288 g/mol. The molecule has 0 bridgehead atoms. The van der Waals surface area contributed by atoms with Crippen LogP contribution in [0.25, 0.3) is 6.08 Å². The van der Waals surface area contributed by atoms with E-state index in [0.29, 0.717) is 9.23 Å². The summed E-state index contributed by atoms with van der Waals surface area (Å²) in [7, 11) is 3.85. The van der Waals surface area contributed by atoms with E-state index in [-0.39, 0.29) is 5.91 Å². The number of carbonyl (C=O) groups is 1. The Kier molecular flexibility index (Phi) is 3.56. The van der Waals surface area contributed by atoms with E-state index >= 15 is 0 Å². The average Bonchev–Trinajstić information content (AvgIpc) is 2.67. The van der Waals surface area contributed by atoms with Crippen molar-refractivity contribution in [3.05, 3.63) is 34.2 Å². The molecule has 2 heterocycles. The third kappa shape index (κ3) is 2.36. The molecule has 0 spiro atoms. The van der Waals surface area contributed by atoms with Crippen LogP contribution in [0.2, 0.25) is 0 Å². The van der Waals surface area contributed by atoms with E-state index < -0.39 is 0 Å². The van der Waals surface area contributed by atoms with Crippen molar-refractivity contribution in [2.75, 3.05) is 25.5 Å². The summed E-state index contributed by atoms with van der Waals surface area (Å²) < 4.78 is 0.624. The van der Waals surface area contributed by atoms with Crippen LogP contribution in [0, 0.1) is 0 Å². The van der Waals surface area contributed by atoms with Crippen LogP contribution < -0.4 is 4.90 Å². The number of nitrogens with zero attached hydrogens (tertiary/aromatic N) is 2. The Bertz CT molecular complexity index is 624. The first-order valence-electron chi connectivity index (χ1n) is 6.62. The largest absolute Gasteiger partial charge is 0.374 e. The SMILES string of the molecule is CN1C(=O)/C(=C\c2ccc3c(c2)CCCN3C)SC1=S. The highest BCUT2D eigenvalue weighted by molar-refractivity contribution is 8.26. The van der Waals surface area contributed by atoms with Crippen LogP contribution >= 0.6 is 24.0 Å². The second kappa shape index (κ2) is 5.22. The van der Waals surface area contributed by atoms with Crippen molar-refractivity contribution in [1.82, 2.24) is 4.90 Å². The molecule has 1 aromatic rings. The summed E-state index contributed by atoms with van der Waals surface area (Å²) in [6, 6.07) is 6.41. The first-order chi connectivity index (χ1) is 9.56. The number of benzene rings is 1. The Hall–Kier alpha value is -1.33. The molecule has 2 aliphatic heterocycles. The fraction of sp³-hybridized carbons (Fsp3) is 0.333. The second-order valence-electron chi connectivity index (χ2n) is 5.15. The van der Waals surface area contributed by atoms with Crippen LogP contribution in [0.4, 0.5) is 5.69 Å². The van der Waals surface area contributed by atoms with Gasteiger partial charge in [-0.1, -0.05) is 30.0 Å². The first-order valence-corrected chi connectivity index (χ1v) is 7.84. The number of carbonyl (C=O) groups excluding carboxylic acids is 1. The molecule has 3 nitrogen and oxygen atoms in total. The van der Waals surface area contributed by atoms with Gasteiger partial charge >= 0.3 is 0 Å². The molecule has 1 saturated heterocycles. The first kappa shape index (κ1) is 13.6. The molecule has 0 atom stereocenters. The summed E-state index contributed by atoms with van der Waals surface area (Å²) >= 11 is 6.52. The zero-order chi connectivity index (χ0) is 14.3. The molecule has 0 aliphatic carbocycles. The van der Waals surface area contributed by atoms with E-state index in [0.717, 1.165) is 18.5 Å². The number of fused-ring (bicyclic) bond motifs is 1. The van der Waals surface area contributed by atoms with Gasteiger partial charge < -0.3 is 4.90 Å². The van der Waals surface area contributed by atoms with E-state index in [4.69, 9.17) is 12.2 Å². The topological polar surface area (TPSA) is 23.6 Å². The summed E-state index contributed by atoms with van der Waals surface area (Å²) in [5, 5.41) is 0. The summed E-state index contributed by atoms with van der Waals surface area (Å²) in [5.74, 6) is -0.00478. The molecule has 20 heavy (non-hydrogen) atoms. The van der Waals surface area contributed by atoms with Gasteiger partial charge in [-0.15, -0.1) is 0 Å².